The van der Waals surface area contributed by atoms with Crippen molar-refractivity contribution in [3.05, 3.63) is 64.4 Å². The third-order valence-corrected chi connectivity index (χ3v) is 4.91. The van der Waals surface area contributed by atoms with Crippen molar-refractivity contribution in [3.63, 3.8) is 0 Å². The van der Waals surface area contributed by atoms with Crippen LogP contribution in [0.3, 0.4) is 0 Å². The molecule has 1 aliphatic rings. The Morgan fingerprint density at radius 1 is 1.08 bits per heavy atom. The van der Waals surface area contributed by atoms with Crippen LogP contribution in [0.25, 0.3) is 0 Å². The van der Waals surface area contributed by atoms with Gasteiger partial charge in [0.15, 0.2) is 5.78 Å². The monoisotopic (exact) mass is 372 g/mol. The van der Waals surface area contributed by atoms with Gasteiger partial charge in [-0.25, -0.2) is 0 Å². The molecule has 0 aliphatic carbocycles. The van der Waals surface area contributed by atoms with Crippen LogP contribution in [0.2, 0.25) is 5.02 Å². The highest BCUT2D eigenvalue weighted by atomic mass is 35.5. The van der Waals surface area contributed by atoms with E-state index < -0.39 is 0 Å². The fourth-order valence-corrected chi connectivity index (χ4v) is 3.39. The van der Waals surface area contributed by atoms with Gasteiger partial charge in [-0.3, -0.25) is 9.78 Å². The maximum absolute atomic E-state index is 12.3. The highest BCUT2D eigenvalue weighted by Gasteiger charge is 2.25. The molecule has 2 aromatic rings. The molecule has 2 heterocycles. The SMILES string of the molecule is CCCN1CCC(C(=O)c2ccc(Cl)cc2)CC1.Cc1cccc(C)n1. The van der Waals surface area contributed by atoms with Gasteiger partial charge in [0, 0.05) is 27.9 Å². The summed E-state index contributed by atoms with van der Waals surface area (Å²) in [5, 5.41) is 0.685. The van der Waals surface area contributed by atoms with Crippen molar-refractivity contribution in [1.29, 1.82) is 0 Å². The predicted octanol–water partition coefficient (Wildman–Crippen LogP) is 5.34. The van der Waals surface area contributed by atoms with Gasteiger partial charge in [-0.2, -0.15) is 0 Å². The lowest BCUT2D eigenvalue weighted by atomic mass is 9.89. The van der Waals surface area contributed by atoms with Gasteiger partial charge in [0.1, 0.15) is 0 Å². The second-order valence-corrected chi connectivity index (χ2v) is 7.34. The van der Waals surface area contributed by atoms with Crippen LogP contribution in [0.5, 0.6) is 0 Å². The highest BCUT2D eigenvalue weighted by Crippen LogP contribution is 2.22. The largest absolute Gasteiger partial charge is 0.303 e. The number of pyridine rings is 1. The van der Waals surface area contributed by atoms with Crippen molar-refractivity contribution in [2.75, 3.05) is 19.6 Å². The van der Waals surface area contributed by atoms with Gasteiger partial charge in [-0.05, 0) is 89.1 Å². The Morgan fingerprint density at radius 3 is 2.12 bits per heavy atom. The molecule has 0 bridgehead atoms. The van der Waals surface area contributed by atoms with Crippen LogP contribution < -0.4 is 0 Å². The van der Waals surface area contributed by atoms with Crippen LogP contribution in [0, 0.1) is 19.8 Å². The zero-order chi connectivity index (χ0) is 18.9. The van der Waals surface area contributed by atoms with Gasteiger partial charge in [-0.15, -0.1) is 0 Å². The fraction of sp³-hybridized carbons (Fsp3) is 0.455. The summed E-state index contributed by atoms with van der Waals surface area (Å²) < 4.78 is 0. The number of rotatable bonds is 4. The Morgan fingerprint density at radius 2 is 1.65 bits per heavy atom. The quantitative estimate of drug-likeness (QED) is 0.679. The van der Waals surface area contributed by atoms with E-state index in [0.29, 0.717) is 5.02 Å². The topological polar surface area (TPSA) is 33.2 Å². The highest BCUT2D eigenvalue weighted by molar-refractivity contribution is 6.30. The van der Waals surface area contributed by atoms with Crippen molar-refractivity contribution in [1.82, 2.24) is 9.88 Å². The first-order valence-electron chi connectivity index (χ1n) is 9.42. The molecule has 0 spiro atoms. The lowest BCUT2D eigenvalue weighted by Crippen LogP contribution is -2.36. The predicted molar refractivity (Wildman–Crippen MR) is 109 cm³/mol. The number of benzene rings is 1. The molecule has 140 valence electrons. The van der Waals surface area contributed by atoms with Crippen molar-refractivity contribution < 1.29 is 4.79 Å². The van der Waals surface area contributed by atoms with E-state index in [4.69, 9.17) is 11.6 Å². The maximum atomic E-state index is 12.3. The molecule has 0 unspecified atom stereocenters. The Balaban J connectivity index is 0.000000254. The second-order valence-electron chi connectivity index (χ2n) is 6.91. The number of piperidine rings is 1. The number of likely N-dealkylation sites (tertiary alicyclic amines) is 1. The molecule has 1 saturated heterocycles. The van der Waals surface area contributed by atoms with Gasteiger partial charge in [0.25, 0.3) is 0 Å². The minimum Gasteiger partial charge on any atom is -0.303 e. The van der Waals surface area contributed by atoms with Crippen LogP contribution in [0.4, 0.5) is 0 Å². The third-order valence-electron chi connectivity index (χ3n) is 4.65. The van der Waals surface area contributed by atoms with Gasteiger partial charge in [-0.1, -0.05) is 24.6 Å². The number of hydrogen-bond acceptors (Lipinski definition) is 3. The molecule has 0 saturated carbocycles. The summed E-state index contributed by atoms with van der Waals surface area (Å²) in [5.74, 6) is 0.474. The lowest BCUT2D eigenvalue weighted by Gasteiger charge is -2.30. The number of aryl methyl sites for hydroxylation is 2. The van der Waals surface area contributed by atoms with E-state index in [1.165, 1.54) is 6.42 Å². The van der Waals surface area contributed by atoms with Gasteiger partial charge in [0.05, 0.1) is 0 Å². The van der Waals surface area contributed by atoms with Crippen LogP contribution >= 0.6 is 11.6 Å². The molecule has 3 nitrogen and oxygen atoms in total. The third kappa shape index (κ3) is 6.54. The minimum absolute atomic E-state index is 0.194. The molecule has 0 atom stereocenters. The lowest BCUT2D eigenvalue weighted by molar-refractivity contribution is 0.0840. The van der Waals surface area contributed by atoms with E-state index in [1.54, 1.807) is 12.1 Å². The number of halogens is 1. The number of ketones is 1. The number of hydrogen-bond donors (Lipinski definition) is 0. The zero-order valence-corrected chi connectivity index (χ0v) is 16.8. The van der Waals surface area contributed by atoms with E-state index in [2.05, 4.69) is 16.8 Å². The number of carbonyl (C=O) groups is 1. The molecule has 1 aliphatic heterocycles. The molecule has 0 radical (unpaired) electrons. The van der Waals surface area contributed by atoms with E-state index in [9.17, 15) is 4.79 Å². The molecule has 3 rings (SSSR count). The summed E-state index contributed by atoms with van der Waals surface area (Å²) in [7, 11) is 0. The van der Waals surface area contributed by atoms with E-state index >= 15 is 0 Å². The molecule has 26 heavy (non-hydrogen) atoms. The number of nitrogens with zero attached hydrogens (tertiary/aromatic N) is 2. The standard InChI is InChI=1S/C15H20ClNO.C7H9N/c1-2-9-17-10-7-13(8-11-17)15(18)12-3-5-14(16)6-4-12;1-6-4-3-5-7(2)8-6/h3-6,13H,2,7-11H2,1H3;3-5H,1-2H3. The summed E-state index contributed by atoms with van der Waals surface area (Å²) in [6.07, 6.45) is 3.17. The fourth-order valence-electron chi connectivity index (χ4n) is 3.26. The van der Waals surface area contributed by atoms with Crippen LogP contribution in [-0.2, 0) is 0 Å². The normalized spacial score (nSPS) is 15.2. The molecular formula is C22H29ClN2O. The Bertz CT molecular complexity index is 674. The van der Waals surface area contributed by atoms with E-state index in [0.717, 1.165) is 49.4 Å². The van der Waals surface area contributed by atoms with Crippen LogP contribution in [0.15, 0.2) is 42.5 Å². The van der Waals surface area contributed by atoms with Crippen molar-refractivity contribution in [2.45, 2.75) is 40.0 Å². The first-order chi connectivity index (χ1) is 12.5. The summed E-state index contributed by atoms with van der Waals surface area (Å²) in [5.41, 5.74) is 2.98. The zero-order valence-electron chi connectivity index (χ0n) is 16.0. The van der Waals surface area contributed by atoms with E-state index in [-0.39, 0.29) is 11.7 Å². The summed E-state index contributed by atoms with van der Waals surface area (Å²) in [4.78, 5) is 18.9. The first kappa shape index (κ1) is 20.6. The maximum Gasteiger partial charge on any atom is 0.166 e. The summed E-state index contributed by atoms with van der Waals surface area (Å²) in [6.45, 7) is 9.45. The smallest absolute Gasteiger partial charge is 0.166 e. The van der Waals surface area contributed by atoms with Gasteiger partial charge < -0.3 is 4.90 Å². The molecule has 1 aromatic heterocycles. The van der Waals surface area contributed by atoms with Crippen molar-refractivity contribution >= 4 is 17.4 Å². The second kappa shape index (κ2) is 10.4. The summed E-state index contributed by atoms with van der Waals surface area (Å²) >= 11 is 5.84. The molecule has 1 fully saturated rings. The van der Waals surface area contributed by atoms with E-state index in [1.807, 2.05) is 44.2 Å². The summed E-state index contributed by atoms with van der Waals surface area (Å²) in [6, 6.07) is 13.3. The number of aromatic nitrogens is 1. The van der Waals surface area contributed by atoms with Crippen LogP contribution in [0.1, 0.15) is 47.9 Å². The molecule has 0 amide bonds. The minimum atomic E-state index is 0.194. The Kier molecular flexibility index (Phi) is 8.27. The molecule has 1 aromatic carbocycles. The molecule has 4 heteroatoms. The first-order valence-corrected chi connectivity index (χ1v) is 9.79. The average Bonchev–Trinajstić information content (AvgIpc) is 2.63. The number of carbonyl (C=O) groups excluding carboxylic acids is 1. The van der Waals surface area contributed by atoms with Gasteiger partial charge >= 0.3 is 0 Å². The van der Waals surface area contributed by atoms with Crippen LogP contribution in [-0.4, -0.2) is 35.3 Å². The van der Waals surface area contributed by atoms with Crippen molar-refractivity contribution in [3.8, 4) is 0 Å². The van der Waals surface area contributed by atoms with Crippen molar-refractivity contribution in [2.24, 2.45) is 5.92 Å². The van der Waals surface area contributed by atoms with Gasteiger partial charge in [0.2, 0.25) is 0 Å². The number of Topliss-reactive ketones (excluding diaryl/α,β-unsaturated/α-hetero) is 1. The molecular weight excluding hydrogens is 344 g/mol. The Hall–Kier alpha value is -1.71. The molecule has 0 N–H and O–H groups in total. The Labute approximate surface area is 162 Å². The average molecular weight is 373 g/mol.